The molecule has 0 radical (unpaired) electrons. The van der Waals surface area contributed by atoms with Gasteiger partial charge in [0.15, 0.2) is 0 Å². The summed E-state index contributed by atoms with van der Waals surface area (Å²) in [6.45, 7) is 20.3. The number of hydrogen-bond donors (Lipinski definition) is 0. The van der Waals surface area contributed by atoms with Crippen molar-refractivity contribution in [3.05, 3.63) is 78.1 Å². The predicted octanol–water partition coefficient (Wildman–Crippen LogP) is 10.7. The van der Waals surface area contributed by atoms with E-state index in [1.807, 2.05) is 12.4 Å². The number of fused-ring (bicyclic) bond motifs is 7. The van der Waals surface area contributed by atoms with Crippen LogP contribution in [0.2, 0.25) is 0 Å². The van der Waals surface area contributed by atoms with Crippen LogP contribution in [-0.2, 0) is 4.79 Å². The molecule has 5 aliphatic rings. The Labute approximate surface area is 267 Å². The molecule has 2 nitrogen and oxygen atoms in total. The number of carbonyl (C=O) groups excluding carboxylic acids is 1. The monoisotopic (exact) mass is 591 g/mol. The Morgan fingerprint density at radius 1 is 0.727 bits per heavy atom. The van der Waals surface area contributed by atoms with E-state index >= 15 is 0 Å². The summed E-state index contributed by atoms with van der Waals surface area (Å²) in [5.74, 6) is 2.79. The van der Waals surface area contributed by atoms with E-state index in [1.54, 1.807) is 0 Å². The molecule has 44 heavy (non-hydrogen) atoms. The number of benzene rings is 1. The molecule has 5 aliphatic carbocycles. The Hall–Kier alpha value is -2.22. The van der Waals surface area contributed by atoms with Crippen molar-refractivity contribution in [1.29, 1.82) is 0 Å². The predicted molar refractivity (Wildman–Crippen MR) is 181 cm³/mol. The number of carbonyl (C=O) groups is 1. The molecule has 2 aromatic rings. The van der Waals surface area contributed by atoms with Crippen LogP contribution in [0.1, 0.15) is 124 Å². The summed E-state index contributed by atoms with van der Waals surface area (Å²) in [7, 11) is 0. The molecule has 1 aromatic carbocycles. The van der Waals surface area contributed by atoms with Crippen molar-refractivity contribution in [2.75, 3.05) is 0 Å². The van der Waals surface area contributed by atoms with Crippen LogP contribution in [0.5, 0.6) is 0 Å². The molecule has 4 fully saturated rings. The highest BCUT2D eigenvalue weighted by Crippen LogP contribution is 2.76. The van der Waals surface area contributed by atoms with Crippen LogP contribution in [0, 0.1) is 62.1 Å². The second-order valence-electron chi connectivity index (χ2n) is 18.5. The van der Waals surface area contributed by atoms with E-state index in [4.69, 9.17) is 0 Å². The summed E-state index contributed by atoms with van der Waals surface area (Å²) in [5, 5.41) is 0. The van der Waals surface area contributed by atoms with Crippen LogP contribution < -0.4 is 0 Å². The van der Waals surface area contributed by atoms with Crippen molar-refractivity contribution < 1.29 is 4.79 Å². The maximum Gasteiger partial charge on any atom is 0.142 e. The number of rotatable bonds is 3. The number of nitrogens with zero attached hydrogens (tertiary/aromatic N) is 1. The third-order valence-electron chi connectivity index (χ3n) is 15.5. The van der Waals surface area contributed by atoms with E-state index in [-0.39, 0.29) is 28.1 Å². The first-order chi connectivity index (χ1) is 20.7. The molecule has 1 aromatic heterocycles. The average molecular weight is 592 g/mol. The van der Waals surface area contributed by atoms with Gasteiger partial charge in [0.1, 0.15) is 5.78 Å². The summed E-state index contributed by atoms with van der Waals surface area (Å²) in [4.78, 5) is 19.1. The Bertz CT molecular complexity index is 1400. The standard InChI is InChI=1S/C42H57NO/c1-37(2)20-21-39(5)22-23-41(7)31(32(39)27-37)14-15-34-40(6)26-30(36(44)38(3,4)33(40)16-19-42(34,41)8)35(28-12-10-9-11-13-28)29-17-24-43-25-18-29/h9-15,17-18,24-25,30-35H,16,19-23,26-27H2,1-8H3/t30?,31?,32?,33?,34?,35?,39-,40+,41-,42-/m1/s1. The highest BCUT2D eigenvalue weighted by Gasteiger charge is 2.69. The van der Waals surface area contributed by atoms with Crippen molar-refractivity contribution in [1.82, 2.24) is 4.98 Å². The van der Waals surface area contributed by atoms with Gasteiger partial charge in [-0.1, -0.05) is 97.9 Å². The number of pyridine rings is 1. The molecule has 1 heterocycles. The molecule has 2 heteroatoms. The lowest BCUT2D eigenvalue weighted by atomic mass is 9.32. The van der Waals surface area contributed by atoms with Crippen molar-refractivity contribution in [2.24, 2.45) is 62.1 Å². The average Bonchev–Trinajstić information content (AvgIpc) is 2.98. The quantitative estimate of drug-likeness (QED) is 0.332. The zero-order valence-corrected chi connectivity index (χ0v) is 28.8. The van der Waals surface area contributed by atoms with Gasteiger partial charge in [0.25, 0.3) is 0 Å². The first-order valence-electron chi connectivity index (χ1n) is 17.8. The molecule has 0 aliphatic heterocycles. The second-order valence-corrected chi connectivity index (χ2v) is 18.5. The van der Waals surface area contributed by atoms with Gasteiger partial charge in [-0.25, -0.2) is 0 Å². The van der Waals surface area contributed by atoms with Gasteiger partial charge < -0.3 is 0 Å². The zero-order valence-electron chi connectivity index (χ0n) is 28.8. The van der Waals surface area contributed by atoms with Crippen LogP contribution in [0.15, 0.2) is 67.0 Å². The fourth-order valence-electron chi connectivity index (χ4n) is 12.8. The first-order valence-corrected chi connectivity index (χ1v) is 17.8. The van der Waals surface area contributed by atoms with E-state index < -0.39 is 0 Å². The molecule has 236 valence electrons. The summed E-state index contributed by atoms with van der Waals surface area (Å²) in [6.07, 6.45) is 19.5. The van der Waals surface area contributed by atoms with Crippen LogP contribution >= 0.6 is 0 Å². The molecular formula is C42H57NO. The Balaban J connectivity index is 1.33. The van der Waals surface area contributed by atoms with Gasteiger partial charge in [0, 0.05) is 29.6 Å². The number of allylic oxidation sites excluding steroid dienone is 2. The summed E-state index contributed by atoms with van der Waals surface area (Å²) >= 11 is 0. The molecule has 0 amide bonds. The van der Waals surface area contributed by atoms with Crippen molar-refractivity contribution >= 4 is 5.78 Å². The minimum atomic E-state index is -0.358. The van der Waals surface area contributed by atoms with Gasteiger partial charge in [0.05, 0.1) is 0 Å². The first kappa shape index (κ1) is 30.4. The van der Waals surface area contributed by atoms with Crippen LogP contribution in [0.25, 0.3) is 0 Å². The fraction of sp³-hybridized carbons (Fsp3) is 0.667. The lowest BCUT2D eigenvalue weighted by Gasteiger charge is -2.72. The van der Waals surface area contributed by atoms with Gasteiger partial charge in [-0.3, -0.25) is 9.78 Å². The molecule has 10 atom stereocenters. The largest absolute Gasteiger partial charge is 0.299 e. The highest BCUT2D eigenvalue weighted by atomic mass is 16.1. The van der Waals surface area contributed by atoms with E-state index in [2.05, 4.69) is 115 Å². The lowest BCUT2D eigenvalue weighted by molar-refractivity contribution is -0.207. The SMILES string of the molecule is CC1(C)CC[C@]2(C)CC[C@]3(C)C(C=CC4[C@@]5(C)CC(C(c6ccccc6)c6ccncc6)C(=O)C(C)(C)C5CC[C@]43C)C2C1. The van der Waals surface area contributed by atoms with E-state index in [1.165, 1.54) is 56.1 Å². The summed E-state index contributed by atoms with van der Waals surface area (Å²) < 4.78 is 0. The molecule has 0 spiro atoms. The number of hydrogen-bond acceptors (Lipinski definition) is 2. The molecule has 6 unspecified atom stereocenters. The fourth-order valence-corrected chi connectivity index (χ4v) is 12.8. The zero-order chi connectivity index (χ0) is 31.3. The Morgan fingerprint density at radius 2 is 1.39 bits per heavy atom. The van der Waals surface area contributed by atoms with Crippen LogP contribution in [0.4, 0.5) is 0 Å². The van der Waals surface area contributed by atoms with Crippen molar-refractivity contribution in [3.63, 3.8) is 0 Å². The second kappa shape index (κ2) is 9.89. The molecule has 4 saturated carbocycles. The number of Topliss-reactive ketones (excluding diaryl/α,β-unsaturated/α-hetero) is 1. The lowest BCUT2D eigenvalue weighted by Crippen LogP contribution is -2.66. The molecule has 0 bridgehead atoms. The third-order valence-corrected chi connectivity index (χ3v) is 15.5. The maximum absolute atomic E-state index is 14.8. The maximum atomic E-state index is 14.8. The highest BCUT2D eigenvalue weighted by molar-refractivity contribution is 5.89. The smallest absolute Gasteiger partial charge is 0.142 e. The van der Waals surface area contributed by atoms with Crippen LogP contribution in [-0.4, -0.2) is 10.8 Å². The molecule has 0 N–H and O–H groups in total. The van der Waals surface area contributed by atoms with Gasteiger partial charge in [-0.15, -0.1) is 0 Å². The van der Waals surface area contributed by atoms with Crippen LogP contribution in [0.3, 0.4) is 0 Å². The minimum Gasteiger partial charge on any atom is -0.299 e. The summed E-state index contributed by atoms with van der Waals surface area (Å²) in [6, 6.07) is 15.1. The van der Waals surface area contributed by atoms with Gasteiger partial charge in [-0.05, 0) is 125 Å². The Morgan fingerprint density at radius 3 is 2.09 bits per heavy atom. The minimum absolute atomic E-state index is 0.0488. The van der Waals surface area contributed by atoms with E-state index in [9.17, 15) is 4.79 Å². The van der Waals surface area contributed by atoms with Crippen molar-refractivity contribution in [2.45, 2.75) is 113 Å². The molecular weight excluding hydrogens is 534 g/mol. The van der Waals surface area contributed by atoms with E-state index in [0.29, 0.717) is 39.8 Å². The molecule has 0 saturated heterocycles. The topological polar surface area (TPSA) is 30.0 Å². The number of ketones is 1. The van der Waals surface area contributed by atoms with Gasteiger partial charge >= 0.3 is 0 Å². The Kier molecular flexibility index (Phi) is 6.84. The van der Waals surface area contributed by atoms with Gasteiger partial charge in [-0.2, -0.15) is 0 Å². The van der Waals surface area contributed by atoms with Crippen molar-refractivity contribution in [3.8, 4) is 0 Å². The molecule has 7 rings (SSSR count). The number of aromatic nitrogens is 1. The third kappa shape index (κ3) is 4.17. The summed E-state index contributed by atoms with van der Waals surface area (Å²) in [5.41, 5.74) is 3.63. The van der Waals surface area contributed by atoms with E-state index in [0.717, 1.165) is 12.3 Å². The normalized spacial score (nSPS) is 44.5. The van der Waals surface area contributed by atoms with Gasteiger partial charge in [0.2, 0.25) is 0 Å².